The molecule has 0 aliphatic carbocycles. The summed E-state index contributed by atoms with van der Waals surface area (Å²) in [5, 5.41) is 3.91. The van der Waals surface area contributed by atoms with Gasteiger partial charge in [0.25, 0.3) is 5.91 Å². The zero-order valence-corrected chi connectivity index (χ0v) is 16.1. The standard InChI is InChI=1S/C19H23N3O3S/c1-12-17(18(24)21-15-8-10-22(11-9-15)13(2)23)26-19(20-12)14-4-6-16(25-3)7-5-14/h4-7,15H,8-11H2,1-3H3,(H,21,24). The highest BCUT2D eigenvalue weighted by atomic mass is 32.1. The quantitative estimate of drug-likeness (QED) is 0.895. The van der Waals surface area contributed by atoms with Crippen LogP contribution in [0.5, 0.6) is 5.75 Å². The lowest BCUT2D eigenvalue weighted by atomic mass is 10.0. The van der Waals surface area contributed by atoms with Crippen molar-refractivity contribution in [3.05, 3.63) is 34.8 Å². The lowest BCUT2D eigenvalue weighted by molar-refractivity contribution is -0.129. The maximum atomic E-state index is 12.7. The van der Waals surface area contributed by atoms with E-state index in [1.165, 1.54) is 11.3 Å². The normalized spacial score (nSPS) is 15.0. The lowest BCUT2D eigenvalue weighted by Gasteiger charge is -2.31. The molecule has 1 fully saturated rings. The number of aromatic nitrogens is 1. The number of nitrogens with one attached hydrogen (secondary N) is 1. The number of benzene rings is 1. The third-order valence-corrected chi connectivity index (χ3v) is 5.82. The Balaban J connectivity index is 1.66. The number of aryl methyl sites for hydroxylation is 1. The summed E-state index contributed by atoms with van der Waals surface area (Å²) in [5.74, 6) is 0.801. The van der Waals surface area contributed by atoms with Crippen LogP contribution in [0.4, 0.5) is 0 Å². The monoisotopic (exact) mass is 373 g/mol. The van der Waals surface area contributed by atoms with Crippen molar-refractivity contribution in [1.82, 2.24) is 15.2 Å². The van der Waals surface area contributed by atoms with E-state index in [1.54, 1.807) is 14.0 Å². The molecule has 2 aromatic rings. The molecule has 26 heavy (non-hydrogen) atoms. The molecule has 1 N–H and O–H groups in total. The molecule has 1 aliphatic heterocycles. The van der Waals surface area contributed by atoms with Crippen molar-refractivity contribution in [2.75, 3.05) is 20.2 Å². The topological polar surface area (TPSA) is 71.5 Å². The summed E-state index contributed by atoms with van der Waals surface area (Å²) in [7, 11) is 1.63. The average molecular weight is 373 g/mol. The Bertz CT molecular complexity index is 793. The van der Waals surface area contributed by atoms with Gasteiger partial charge in [-0.05, 0) is 44.0 Å². The van der Waals surface area contributed by atoms with Crippen molar-refractivity contribution >= 4 is 23.2 Å². The van der Waals surface area contributed by atoms with Gasteiger partial charge in [0, 0.05) is 31.6 Å². The summed E-state index contributed by atoms with van der Waals surface area (Å²) in [4.78, 5) is 31.1. The molecule has 0 radical (unpaired) electrons. The Morgan fingerprint density at radius 1 is 1.23 bits per heavy atom. The minimum atomic E-state index is -0.0824. The molecule has 1 saturated heterocycles. The molecule has 1 aliphatic rings. The highest BCUT2D eigenvalue weighted by molar-refractivity contribution is 7.17. The van der Waals surface area contributed by atoms with Crippen molar-refractivity contribution in [1.29, 1.82) is 0 Å². The summed E-state index contributed by atoms with van der Waals surface area (Å²) in [5.41, 5.74) is 1.70. The molecule has 138 valence electrons. The minimum Gasteiger partial charge on any atom is -0.497 e. The first kappa shape index (κ1) is 18.4. The third-order valence-electron chi connectivity index (χ3n) is 4.62. The van der Waals surface area contributed by atoms with E-state index in [1.807, 2.05) is 36.1 Å². The van der Waals surface area contributed by atoms with Gasteiger partial charge in [0.05, 0.1) is 12.8 Å². The molecule has 0 spiro atoms. The molecule has 0 unspecified atom stereocenters. The second-order valence-corrected chi connectivity index (χ2v) is 7.41. The maximum absolute atomic E-state index is 12.7. The number of amides is 2. The molecule has 0 bridgehead atoms. The van der Waals surface area contributed by atoms with Gasteiger partial charge in [0.1, 0.15) is 15.6 Å². The summed E-state index contributed by atoms with van der Waals surface area (Å²) in [6, 6.07) is 7.75. The zero-order valence-electron chi connectivity index (χ0n) is 15.2. The lowest BCUT2D eigenvalue weighted by Crippen LogP contribution is -2.45. The molecule has 0 atom stereocenters. The van der Waals surface area contributed by atoms with Crippen molar-refractivity contribution in [2.24, 2.45) is 0 Å². The Morgan fingerprint density at radius 2 is 1.88 bits per heavy atom. The highest BCUT2D eigenvalue weighted by Gasteiger charge is 2.24. The van der Waals surface area contributed by atoms with E-state index in [9.17, 15) is 9.59 Å². The molecular formula is C19H23N3O3S. The van der Waals surface area contributed by atoms with Crippen LogP contribution < -0.4 is 10.1 Å². The van der Waals surface area contributed by atoms with Crippen LogP contribution in [0.1, 0.15) is 35.1 Å². The number of thiazole rings is 1. The molecule has 1 aromatic heterocycles. The number of rotatable bonds is 4. The van der Waals surface area contributed by atoms with E-state index in [0.717, 1.165) is 34.9 Å². The Hall–Kier alpha value is -2.41. The number of piperidine rings is 1. The second kappa shape index (κ2) is 7.86. The fourth-order valence-electron chi connectivity index (χ4n) is 3.05. The fraction of sp³-hybridized carbons (Fsp3) is 0.421. The van der Waals surface area contributed by atoms with Crippen molar-refractivity contribution < 1.29 is 14.3 Å². The SMILES string of the molecule is COc1ccc(-c2nc(C)c(C(=O)NC3CCN(C(C)=O)CC3)s2)cc1. The van der Waals surface area contributed by atoms with Crippen LogP contribution in [0.25, 0.3) is 10.6 Å². The summed E-state index contributed by atoms with van der Waals surface area (Å²) in [6.07, 6.45) is 1.57. The van der Waals surface area contributed by atoms with E-state index < -0.39 is 0 Å². The first-order chi connectivity index (χ1) is 12.5. The Kier molecular flexibility index (Phi) is 5.56. The number of ether oxygens (including phenoxy) is 1. The average Bonchev–Trinajstić information content (AvgIpc) is 3.04. The van der Waals surface area contributed by atoms with E-state index in [4.69, 9.17) is 4.74 Å². The van der Waals surface area contributed by atoms with Crippen LogP contribution >= 0.6 is 11.3 Å². The second-order valence-electron chi connectivity index (χ2n) is 6.42. The van der Waals surface area contributed by atoms with E-state index in [-0.39, 0.29) is 17.9 Å². The molecule has 1 aromatic carbocycles. The van der Waals surface area contributed by atoms with Gasteiger partial charge in [-0.2, -0.15) is 0 Å². The van der Waals surface area contributed by atoms with Crippen LogP contribution in [0.15, 0.2) is 24.3 Å². The van der Waals surface area contributed by atoms with Gasteiger partial charge >= 0.3 is 0 Å². The third kappa shape index (κ3) is 4.04. The van der Waals surface area contributed by atoms with E-state index >= 15 is 0 Å². The van der Waals surface area contributed by atoms with Crippen LogP contribution in [0, 0.1) is 6.92 Å². The van der Waals surface area contributed by atoms with Gasteiger partial charge < -0.3 is 15.0 Å². The molecular weight excluding hydrogens is 350 g/mol. The summed E-state index contributed by atoms with van der Waals surface area (Å²) >= 11 is 1.40. The van der Waals surface area contributed by atoms with E-state index in [2.05, 4.69) is 10.3 Å². The first-order valence-electron chi connectivity index (χ1n) is 8.66. The predicted molar refractivity (Wildman–Crippen MR) is 102 cm³/mol. The van der Waals surface area contributed by atoms with Gasteiger partial charge in [0.2, 0.25) is 5.91 Å². The fourth-order valence-corrected chi connectivity index (χ4v) is 4.03. The molecule has 2 heterocycles. The molecule has 6 nitrogen and oxygen atoms in total. The van der Waals surface area contributed by atoms with Crippen LogP contribution in [0.2, 0.25) is 0 Å². The predicted octanol–water partition coefficient (Wildman–Crippen LogP) is 2.87. The minimum absolute atomic E-state index is 0.0824. The molecule has 7 heteroatoms. The van der Waals surface area contributed by atoms with Crippen molar-refractivity contribution in [3.8, 4) is 16.3 Å². The zero-order chi connectivity index (χ0) is 18.7. The Morgan fingerprint density at radius 3 is 2.46 bits per heavy atom. The largest absolute Gasteiger partial charge is 0.497 e. The van der Waals surface area contributed by atoms with Crippen molar-refractivity contribution in [2.45, 2.75) is 32.7 Å². The number of carbonyl (C=O) groups excluding carboxylic acids is 2. The number of hydrogen-bond acceptors (Lipinski definition) is 5. The van der Waals surface area contributed by atoms with Gasteiger partial charge in [0.15, 0.2) is 0 Å². The van der Waals surface area contributed by atoms with Crippen LogP contribution in [-0.4, -0.2) is 47.9 Å². The smallest absolute Gasteiger partial charge is 0.263 e. The number of methoxy groups -OCH3 is 1. The van der Waals surface area contributed by atoms with E-state index in [0.29, 0.717) is 18.0 Å². The number of carbonyl (C=O) groups is 2. The summed E-state index contributed by atoms with van der Waals surface area (Å²) < 4.78 is 5.17. The van der Waals surface area contributed by atoms with Crippen molar-refractivity contribution in [3.63, 3.8) is 0 Å². The maximum Gasteiger partial charge on any atom is 0.263 e. The van der Waals surface area contributed by atoms with Gasteiger partial charge in [-0.15, -0.1) is 11.3 Å². The first-order valence-corrected chi connectivity index (χ1v) is 9.48. The number of nitrogens with zero attached hydrogens (tertiary/aromatic N) is 2. The summed E-state index contributed by atoms with van der Waals surface area (Å²) in [6.45, 7) is 4.83. The highest BCUT2D eigenvalue weighted by Crippen LogP contribution is 2.29. The molecule has 0 saturated carbocycles. The van der Waals surface area contributed by atoms with Crippen LogP contribution in [-0.2, 0) is 4.79 Å². The van der Waals surface area contributed by atoms with Gasteiger partial charge in [-0.3, -0.25) is 9.59 Å². The van der Waals surface area contributed by atoms with Crippen LogP contribution in [0.3, 0.4) is 0 Å². The number of hydrogen-bond donors (Lipinski definition) is 1. The van der Waals surface area contributed by atoms with Gasteiger partial charge in [-0.25, -0.2) is 4.98 Å². The van der Waals surface area contributed by atoms with Gasteiger partial charge in [-0.1, -0.05) is 0 Å². The number of likely N-dealkylation sites (tertiary alicyclic amines) is 1. The molecule has 3 rings (SSSR count). The Labute approximate surface area is 157 Å². The molecule has 2 amide bonds.